The third-order valence-corrected chi connectivity index (χ3v) is 4.81. The van der Waals surface area contributed by atoms with Crippen LogP contribution in [0.5, 0.6) is 0 Å². The molecule has 1 aromatic rings. The zero-order chi connectivity index (χ0) is 13.2. The minimum atomic E-state index is -3.11. The van der Waals surface area contributed by atoms with Gasteiger partial charge in [0, 0.05) is 12.6 Å². The Bertz CT molecular complexity index is 497. The van der Waals surface area contributed by atoms with Crippen molar-refractivity contribution in [2.45, 2.75) is 25.3 Å². The molecule has 0 amide bonds. The molecule has 0 aromatic heterocycles. The van der Waals surface area contributed by atoms with Crippen molar-refractivity contribution in [1.82, 2.24) is 5.32 Å². The van der Waals surface area contributed by atoms with Crippen molar-refractivity contribution in [3.63, 3.8) is 0 Å². The SMILES string of the molecule is O=S1(=O)CC(O)C(NCc2ccc(CO)cc2)C1. The molecule has 3 N–H and O–H groups in total. The summed E-state index contributed by atoms with van der Waals surface area (Å²) < 4.78 is 22.6. The number of benzene rings is 1. The molecule has 0 saturated carbocycles. The van der Waals surface area contributed by atoms with E-state index in [1.54, 1.807) is 0 Å². The summed E-state index contributed by atoms with van der Waals surface area (Å²) in [5.41, 5.74) is 1.82. The summed E-state index contributed by atoms with van der Waals surface area (Å²) in [5, 5.41) is 21.6. The predicted octanol–water partition coefficient (Wildman–Crippen LogP) is -0.574. The van der Waals surface area contributed by atoms with E-state index in [0.29, 0.717) is 6.54 Å². The quantitative estimate of drug-likeness (QED) is 0.682. The Hall–Kier alpha value is -0.950. The summed E-state index contributed by atoms with van der Waals surface area (Å²) in [7, 11) is -3.11. The van der Waals surface area contributed by atoms with Crippen molar-refractivity contribution in [2.24, 2.45) is 0 Å². The number of aliphatic hydroxyl groups excluding tert-OH is 2. The molecular weight excluding hydrogens is 254 g/mol. The van der Waals surface area contributed by atoms with Crippen LogP contribution in [0.15, 0.2) is 24.3 Å². The Labute approximate surface area is 106 Å². The largest absolute Gasteiger partial charge is 0.392 e. The van der Waals surface area contributed by atoms with E-state index in [1.165, 1.54) is 0 Å². The minimum absolute atomic E-state index is 0.00723. The Balaban J connectivity index is 1.91. The second-order valence-corrected chi connectivity index (χ2v) is 6.76. The Morgan fingerprint density at radius 2 is 1.78 bits per heavy atom. The molecule has 0 spiro atoms. The summed E-state index contributed by atoms with van der Waals surface area (Å²) >= 11 is 0. The fourth-order valence-corrected chi connectivity index (χ4v) is 3.81. The monoisotopic (exact) mass is 271 g/mol. The summed E-state index contributed by atoms with van der Waals surface area (Å²) in [6, 6.07) is 6.98. The lowest BCUT2D eigenvalue weighted by molar-refractivity contribution is 0.165. The fourth-order valence-electron chi connectivity index (χ4n) is 2.04. The van der Waals surface area contributed by atoms with Crippen molar-refractivity contribution in [3.05, 3.63) is 35.4 Å². The van der Waals surface area contributed by atoms with Gasteiger partial charge in [-0.25, -0.2) is 8.42 Å². The van der Waals surface area contributed by atoms with Gasteiger partial charge in [-0.2, -0.15) is 0 Å². The van der Waals surface area contributed by atoms with Crippen LogP contribution < -0.4 is 5.32 Å². The molecule has 1 saturated heterocycles. The van der Waals surface area contributed by atoms with Crippen LogP contribution >= 0.6 is 0 Å². The van der Waals surface area contributed by atoms with E-state index in [1.807, 2.05) is 24.3 Å². The molecule has 0 bridgehead atoms. The molecule has 6 heteroatoms. The van der Waals surface area contributed by atoms with Gasteiger partial charge in [0.1, 0.15) is 0 Å². The molecule has 1 aliphatic rings. The molecule has 1 fully saturated rings. The van der Waals surface area contributed by atoms with E-state index in [2.05, 4.69) is 5.32 Å². The number of nitrogens with one attached hydrogen (secondary N) is 1. The molecule has 5 nitrogen and oxygen atoms in total. The van der Waals surface area contributed by atoms with Crippen molar-refractivity contribution in [1.29, 1.82) is 0 Å². The molecule has 0 radical (unpaired) electrons. The molecule has 0 aliphatic carbocycles. The van der Waals surface area contributed by atoms with Gasteiger partial charge in [0.25, 0.3) is 0 Å². The summed E-state index contributed by atoms with van der Waals surface area (Å²) in [6.45, 7) is 0.510. The predicted molar refractivity (Wildman–Crippen MR) is 67.7 cm³/mol. The van der Waals surface area contributed by atoms with Gasteiger partial charge >= 0.3 is 0 Å². The second-order valence-electron chi connectivity index (χ2n) is 4.61. The van der Waals surface area contributed by atoms with E-state index in [4.69, 9.17) is 5.11 Å². The van der Waals surface area contributed by atoms with Gasteiger partial charge in [-0.1, -0.05) is 24.3 Å². The van der Waals surface area contributed by atoms with Crippen molar-refractivity contribution in [2.75, 3.05) is 11.5 Å². The number of hydrogen-bond acceptors (Lipinski definition) is 5. The molecule has 2 unspecified atom stereocenters. The van der Waals surface area contributed by atoms with E-state index in [9.17, 15) is 13.5 Å². The first-order valence-corrected chi connectivity index (χ1v) is 7.63. The van der Waals surface area contributed by atoms with Gasteiger partial charge in [-0.15, -0.1) is 0 Å². The molecule has 2 rings (SSSR count). The normalized spacial score (nSPS) is 26.3. The maximum Gasteiger partial charge on any atom is 0.154 e. The van der Waals surface area contributed by atoms with E-state index in [0.717, 1.165) is 11.1 Å². The van der Waals surface area contributed by atoms with Gasteiger partial charge in [-0.05, 0) is 11.1 Å². The lowest BCUT2D eigenvalue weighted by Gasteiger charge is -2.14. The number of rotatable bonds is 4. The fraction of sp³-hybridized carbons (Fsp3) is 0.500. The van der Waals surface area contributed by atoms with Gasteiger partial charge in [0.2, 0.25) is 0 Å². The highest BCUT2D eigenvalue weighted by atomic mass is 32.2. The number of hydrogen-bond donors (Lipinski definition) is 3. The Morgan fingerprint density at radius 3 is 2.28 bits per heavy atom. The first kappa shape index (κ1) is 13.5. The van der Waals surface area contributed by atoms with E-state index in [-0.39, 0.29) is 18.1 Å². The van der Waals surface area contributed by atoms with Gasteiger partial charge in [-0.3, -0.25) is 0 Å². The van der Waals surface area contributed by atoms with Crippen molar-refractivity contribution in [3.8, 4) is 0 Å². The maximum absolute atomic E-state index is 11.3. The molecule has 1 aromatic carbocycles. The highest BCUT2D eigenvalue weighted by Gasteiger charge is 2.35. The number of sulfone groups is 1. The van der Waals surface area contributed by atoms with Crippen molar-refractivity contribution < 1.29 is 18.6 Å². The molecular formula is C12H17NO4S. The first-order chi connectivity index (χ1) is 8.50. The smallest absolute Gasteiger partial charge is 0.154 e. The zero-order valence-corrected chi connectivity index (χ0v) is 10.7. The van der Waals surface area contributed by atoms with Gasteiger partial charge in [0.05, 0.1) is 24.2 Å². The lowest BCUT2D eigenvalue weighted by Crippen LogP contribution is -2.38. The van der Waals surface area contributed by atoms with Crippen LogP contribution in [0, 0.1) is 0 Å². The van der Waals surface area contributed by atoms with Gasteiger partial charge < -0.3 is 15.5 Å². The standard InChI is InChI=1S/C12H17NO4S/c14-6-10-3-1-9(2-4-10)5-13-11-7-18(16,17)8-12(11)15/h1-4,11-15H,5-8H2. The third-order valence-electron chi connectivity index (χ3n) is 3.10. The second kappa shape index (κ2) is 5.36. The van der Waals surface area contributed by atoms with Crippen LogP contribution in [0.3, 0.4) is 0 Å². The highest BCUT2D eigenvalue weighted by molar-refractivity contribution is 7.91. The van der Waals surface area contributed by atoms with Crippen LogP contribution in [0.2, 0.25) is 0 Å². The minimum Gasteiger partial charge on any atom is -0.392 e. The highest BCUT2D eigenvalue weighted by Crippen LogP contribution is 2.13. The molecule has 2 atom stereocenters. The Morgan fingerprint density at radius 1 is 1.17 bits per heavy atom. The molecule has 100 valence electrons. The summed E-state index contributed by atoms with van der Waals surface area (Å²) in [6.07, 6.45) is -0.827. The van der Waals surface area contributed by atoms with Crippen LogP contribution in [-0.2, 0) is 23.0 Å². The molecule has 18 heavy (non-hydrogen) atoms. The lowest BCUT2D eigenvalue weighted by atomic mass is 10.1. The van der Waals surface area contributed by atoms with Crippen LogP contribution in [0.25, 0.3) is 0 Å². The zero-order valence-electron chi connectivity index (χ0n) is 9.91. The van der Waals surface area contributed by atoms with Crippen LogP contribution in [0.1, 0.15) is 11.1 Å². The molecule has 1 aliphatic heterocycles. The van der Waals surface area contributed by atoms with Crippen molar-refractivity contribution >= 4 is 9.84 Å². The number of aliphatic hydroxyl groups is 2. The molecule has 1 heterocycles. The first-order valence-electron chi connectivity index (χ1n) is 5.81. The van der Waals surface area contributed by atoms with E-state index < -0.39 is 22.0 Å². The average molecular weight is 271 g/mol. The topological polar surface area (TPSA) is 86.6 Å². The maximum atomic E-state index is 11.3. The van der Waals surface area contributed by atoms with Gasteiger partial charge in [0.15, 0.2) is 9.84 Å². The van der Waals surface area contributed by atoms with Crippen LogP contribution in [-0.4, -0.2) is 42.3 Å². The Kier molecular flexibility index (Phi) is 4.01. The van der Waals surface area contributed by atoms with Crippen LogP contribution in [0.4, 0.5) is 0 Å². The van der Waals surface area contributed by atoms with E-state index >= 15 is 0 Å². The summed E-state index contributed by atoms with van der Waals surface area (Å²) in [4.78, 5) is 0. The third kappa shape index (κ3) is 3.29. The average Bonchev–Trinajstić information content (AvgIpc) is 2.60. The summed E-state index contributed by atoms with van der Waals surface area (Å²) in [5.74, 6) is -0.170.